The highest BCUT2D eigenvalue weighted by Gasteiger charge is 2.19. The molecule has 3 nitrogen and oxygen atoms in total. The summed E-state index contributed by atoms with van der Waals surface area (Å²) in [7, 11) is 4.04. The summed E-state index contributed by atoms with van der Waals surface area (Å²) in [4.78, 5) is 14.5. The molecule has 0 aliphatic heterocycles. The number of benzene rings is 1. The average molecular weight is 312 g/mol. The normalized spacial score (nSPS) is 11.7. The van der Waals surface area contributed by atoms with E-state index in [0.29, 0.717) is 23.6 Å². The van der Waals surface area contributed by atoms with Gasteiger partial charge in [-0.25, -0.2) is 4.39 Å². The van der Waals surface area contributed by atoms with Crippen LogP contribution < -0.4 is 5.32 Å². The minimum atomic E-state index is -0.227. The molecule has 1 aromatic rings. The van der Waals surface area contributed by atoms with Gasteiger partial charge in [0.2, 0.25) is 5.91 Å². The zero-order valence-electron chi connectivity index (χ0n) is 13.3. The first kappa shape index (κ1) is 18.0. The molecule has 0 unspecified atom stereocenters. The van der Waals surface area contributed by atoms with Gasteiger partial charge < -0.3 is 10.2 Å². The van der Waals surface area contributed by atoms with E-state index >= 15 is 0 Å². The van der Waals surface area contributed by atoms with Gasteiger partial charge in [0, 0.05) is 30.2 Å². The molecule has 5 heteroatoms. The molecule has 1 amide bonds. The number of hydrogen-bond acceptors (Lipinski definition) is 3. The quantitative estimate of drug-likeness (QED) is 0.749. The number of hydrogen-bond donors (Lipinski definition) is 1. The Morgan fingerprint density at radius 1 is 1.33 bits per heavy atom. The average Bonchev–Trinajstić information content (AvgIpc) is 2.37. The lowest BCUT2D eigenvalue weighted by Gasteiger charge is -2.28. The van der Waals surface area contributed by atoms with Crippen LogP contribution in [-0.2, 0) is 4.79 Å². The first-order chi connectivity index (χ1) is 9.80. The number of halogens is 1. The van der Waals surface area contributed by atoms with E-state index in [1.54, 1.807) is 18.2 Å². The predicted octanol–water partition coefficient (Wildman–Crippen LogP) is 3.01. The molecule has 1 N–H and O–H groups in total. The zero-order valence-corrected chi connectivity index (χ0v) is 14.1. The number of thioether (sulfide) groups is 1. The lowest BCUT2D eigenvalue weighted by molar-refractivity contribution is -0.121. The number of carbonyl (C=O) groups excluding carboxylic acids is 1. The highest BCUT2D eigenvalue weighted by molar-refractivity contribution is 7.99. The molecule has 0 aliphatic carbocycles. The maximum atomic E-state index is 13.4. The summed E-state index contributed by atoms with van der Waals surface area (Å²) >= 11 is 1.38. The van der Waals surface area contributed by atoms with Crippen LogP contribution >= 0.6 is 11.8 Å². The molecule has 0 radical (unpaired) electrons. The Kier molecular flexibility index (Phi) is 7.18. The highest BCUT2D eigenvalue weighted by atomic mass is 32.2. The van der Waals surface area contributed by atoms with Crippen LogP contribution in [-0.4, -0.2) is 43.7 Å². The Morgan fingerprint density at radius 2 is 2.00 bits per heavy atom. The second-order valence-electron chi connectivity index (χ2n) is 6.21. The maximum Gasteiger partial charge on any atom is 0.220 e. The second-order valence-corrected chi connectivity index (χ2v) is 7.34. The number of amides is 1. The summed E-state index contributed by atoms with van der Waals surface area (Å²) in [6.07, 6.45) is 0.400. The molecule has 0 aliphatic rings. The third-order valence-corrected chi connectivity index (χ3v) is 3.98. The second kappa shape index (κ2) is 8.39. The summed E-state index contributed by atoms with van der Waals surface area (Å²) in [5.41, 5.74) is 0.0395. The monoisotopic (exact) mass is 312 g/mol. The summed E-state index contributed by atoms with van der Waals surface area (Å²) < 4.78 is 13.4. The molecule has 1 aromatic carbocycles. The fourth-order valence-corrected chi connectivity index (χ4v) is 3.04. The smallest absolute Gasteiger partial charge is 0.220 e. The molecule has 0 aromatic heterocycles. The van der Waals surface area contributed by atoms with Gasteiger partial charge in [-0.3, -0.25) is 4.79 Å². The topological polar surface area (TPSA) is 32.3 Å². The molecule has 0 atom stereocenters. The van der Waals surface area contributed by atoms with Gasteiger partial charge in [0.25, 0.3) is 0 Å². The van der Waals surface area contributed by atoms with E-state index in [9.17, 15) is 9.18 Å². The molecule has 118 valence electrons. The molecule has 0 spiro atoms. The molecule has 0 saturated carbocycles. The van der Waals surface area contributed by atoms with Crippen molar-refractivity contribution in [3.05, 3.63) is 30.1 Å². The van der Waals surface area contributed by atoms with Crippen LogP contribution in [0.15, 0.2) is 29.2 Å². The number of nitrogens with one attached hydrogen (secondary N) is 1. The van der Waals surface area contributed by atoms with Gasteiger partial charge in [0.15, 0.2) is 0 Å². The molecule has 1 rings (SSSR count). The van der Waals surface area contributed by atoms with Crippen molar-refractivity contribution in [3.8, 4) is 0 Å². The summed E-state index contributed by atoms with van der Waals surface area (Å²) in [5.74, 6) is 0.377. The lowest BCUT2D eigenvalue weighted by atomic mass is 9.93. The third kappa shape index (κ3) is 7.48. The van der Waals surface area contributed by atoms with E-state index in [1.807, 2.05) is 14.1 Å². The third-order valence-electron chi connectivity index (χ3n) is 2.93. The molecular weight excluding hydrogens is 287 g/mol. The van der Waals surface area contributed by atoms with Crippen molar-refractivity contribution in [2.24, 2.45) is 5.41 Å². The van der Waals surface area contributed by atoms with Crippen molar-refractivity contribution in [1.29, 1.82) is 0 Å². The Morgan fingerprint density at radius 3 is 2.62 bits per heavy atom. The van der Waals surface area contributed by atoms with Crippen molar-refractivity contribution in [2.75, 3.05) is 32.9 Å². The van der Waals surface area contributed by atoms with Crippen LogP contribution in [0.3, 0.4) is 0 Å². The summed E-state index contributed by atoms with van der Waals surface area (Å²) in [6.45, 7) is 5.81. The molecular formula is C16H25FN2OS. The van der Waals surface area contributed by atoms with Crippen LogP contribution in [0, 0.1) is 11.2 Å². The van der Waals surface area contributed by atoms with E-state index in [4.69, 9.17) is 0 Å². The lowest BCUT2D eigenvalue weighted by Crippen LogP contribution is -2.40. The highest BCUT2D eigenvalue weighted by Crippen LogP contribution is 2.21. The van der Waals surface area contributed by atoms with Gasteiger partial charge in [0.1, 0.15) is 5.82 Å². The van der Waals surface area contributed by atoms with Crippen LogP contribution in [0.5, 0.6) is 0 Å². The SMILES string of the molecule is CN(C)CC(C)(C)CNC(=O)CCSc1ccccc1F. The number of carbonyl (C=O) groups is 1. The van der Waals surface area contributed by atoms with Gasteiger partial charge in [-0.2, -0.15) is 0 Å². The van der Waals surface area contributed by atoms with Gasteiger partial charge in [-0.05, 0) is 31.6 Å². The van der Waals surface area contributed by atoms with Crippen molar-refractivity contribution >= 4 is 17.7 Å². The fourth-order valence-electron chi connectivity index (χ4n) is 2.15. The zero-order chi connectivity index (χ0) is 15.9. The van der Waals surface area contributed by atoms with Crippen LogP contribution in [0.25, 0.3) is 0 Å². The molecule has 0 heterocycles. The van der Waals surface area contributed by atoms with E-state index in [0.717, 1.165) is 6.54 Å². The van der Waals surface area contributed by atoms with Gasteiger partial charge in [0.05, 0.1) is 0 Å². The number of nitrogens with zero attached hydrogens (tertiary/aromatic N) is 1. The van der Waals surface area contributed by atoms with Crippen molar-refractivity contribution < 1.29 is 9.18 Å². The van der Waals surface area contributed by atoms with Crippen molar-refractivity contribution in [3.63, 3.8) is 0 Å². The predicted molar refractivity (Wildman–Crippen MR) is 87.1 cm³/mol. The van der Waals surface area contributed by atoms with E-state index < -0.39 is 0 Å². The Bertz CT molecular complexity index is 463. The minimum absolute atomic E-state index is 0.0191. The van der Waals surface area contributed by atoms with E-state index in [-0.39, 0.29) is 17.1 Å². The number of rotatable bonds is 8. The largest absolute Gasteiger partial charge is 0.355 e. The Balaban J connectivity index is 2.27. The summed E-state index contributed by atoms with van der Waals surface area (Å²) in [6, 6.07) is 6.64. The first-order valence-electron chi connectivity index (χ1n) is 7.09. The standard InChI is InChI=1S/C16H25FN2OS/c1-16(2,12-19(3)4)11-18-15(20)9-10-21-14-8-6-5-7-13(14)17/h5-8H,9-12H2,1-4H3,(H,18,20). The Hall–Kier alpha value is -1.07. The summed E-state index contributed by atoms with van der Waals surface area (Å²) in [5, 5.41) is 2.96. The van der Waals surface area contributed by atoms with Crippen LogP contribution in [0.4, 0.5) is 4.39 Å². The minimum Gasteiger partial charge on any atom is -0.355 e. The molecule has 0 saturated heterocycles. The first-order valence-corrected chi connectivity index (χ1v) is 8.07. The molecule has 0 fully saturated rings. The Labute approximate surface area is 131 Å². The maximum absolute atomic E-state index is 13.4. The van der Waals surface area contributed by atoms with Gasteiger partial charge in [-0.1, -0.05) is 26.0 Å². The fraction of sp³-hybridized carbons (Fsp3) is 0.562. The van der Waals surface area contributed by atoms with Gasteiger partial charge >= 0.3 is 0 Å². The van der Waals surface area contributed by atoms with E-state index in [1.165, 1.54) is 17.8 Å². The van der Waals surface area contributed by atoms with E-state index in [2.05, 4.69) is 24.1 Å². The van der Waals surface area contributed by atoms with Gasteiger partial charge in [-0.15, -0.1) is 11.8 Å². The van der Waals surface area contributed by atoms with Crippen LogP contribution in [0.2, 0.25) is 0 Å². The molecule has 21 heavy (non-hydrogen) atoms. The van der Waals surface area contributed by atoms with Crippen LogP contribution in [0.1, 0.15) is 20.3 Å². The van der Waals surface area contributed by atoms with Crippen molar-refractivity contribution in [1.82, 2.24) is 10.2 Å². The molecule has 0 bridgehead atoms. The van der Waals surface area contributed by atoms with Crippen molar-refractivity contribution in [2.45, 2.75) is 25.2 Å².